The molecule has 0 aliphatic rings. The average Bonchev–Trinajstić information content (AvgIpc) is 2.37. The van der Waals surface area contributed by atoms with Crippen molar-refractivity contribution in [2.24, 2.45) is 5.84 Å². The third kappa shape index (κ3) is 3.39. The zero-order valence-electron chi connectivity index (χ0n) is 10.9. The molecule has 7 heteroatoms. The maximum Gasteiger partial charge on any atom is 0.239 e. The molecule has 2 atom stereocenters. The summed E-state index contributed by atoms with van der Waals surface area (Å²) in [4.78, 5) is 8.58. The van der Waals surface area contributed by atoms with Crippen LogP contribution in [0.25, 0.3) is 10.9 Å². The number of nitrogens with one attached hydrogen (secondary N) is 2. The number of anilines is 2. The molecule has 0 aliphatic carbocycles. The Morgan fingerprint density at radius 1 is 1.37 bits per heavy atom. The number of fused-ring (bicyclic) bond motifs is 1. The summed E-state index contributed by atoms with van der Waals surface area (Å²) in [5.74, 6) is 6.97. The van der Waals surface area contributed by atoms with Crippen LogP contribution in [0.5, 0.6) is 0 Å². The van der Waals surface area contributed by atoms with Gasteiger partial charge in [-0.15, -0.1) is 0 Å². The maximum atomic E-state index is 11.2. The fraction of sp³-hybridized carbons (Fsp3) is 0.333. The molecule has 2 rings (SSSR count). The average molecular weight is 279 g/mol. The highest BCUT2D eigenvalue weighted by Gasteiger charge is 2.10. The van der Waals surface area contributed by atoms with Crippen LogP contribution in [0.2, 0.25) is 0 Å². The van der Waals surface area contributed by atoms with Crippen LogP contribution in [0.15, 0.2) is 24.3 Å². The number of nitrogen functional groups attached to an aromatic ring is 1. The molecule has 1 heterocycles. The van der Waals surface area contributed by atoms with Gasteiger partial charge in [-0.2, -0.15) is 4.98 Å². The highest BCUT2D eigenvalue weighted by atomic mass is 32.2. The third-order valence-corrected chi connectivity index (χ3v) is 3.57. The van der Waals surface area contributed by atoms with Crippen molar-refractivity contribution in [1.82, 2.24) is 9.97 Å². The van der Waals surface area contributed by atoms with E-state index in [0.717, 1.165) is 10.9 Å². The van der Waals surface area contributed by atoms with Crippen LogP contribution in [0, 0.1) is 0 Å². The summed E-state index contributed by atoms with van der Waals surface area (Å²) in [6.07, 6.45) is 1.68. The van der Waals surface area contributed by atoms with E-state index >= 15 is 0 Å². The van der Waals surface area contributed by atoms with E-state index in [9.17, 15) is 4.21 Å². The van der Waals surface area contributed by atoms with Crippen LogP contribution >= 0.6 is 0 Å². The van der Waals surface area contributed by atoms with Crippen molar-refractivity contribution in [1.29, 1.82) is 0 Å². The molecule has 0 saturated heterocycles. The summed E-state index contributed by atoms with van der Waals surface area (Å²) in [7, 11) is -0.856. The summed E-state index contributed by atoms with van der Waals surface area (Å²) in [5.41, 5.74) is 3.25. The van der Waals surface area contributed by atoms with Gasteiger partial charge in [-0.3, -0.25) is 9.63 Å². The van der Waals surface area contributed by atoms with Crippen LogP contribution < -0.4 is 16.6 Å². The molecule has 0 fully saturated rings. The van der Waals surface area contributed by atoms with Gasteiger partial charge in [0, 0.05) is 34.2 Å². The number of hydrazine groups is 1. The monoisotopic (exact) mass is 279 g/mol. The molecule has 2 unspecified atom stereocenters. The molecule has 0 saturated carbocycles. The Labute approximate surface area is 114 Å². The molecular formula is C12H17N5OS. The lowest BCUT2D eigenvalue weighted by atomic mass is 10.2. The Morgan fingerprint density at radius 3 is 2.79 bits per heavy atom. The normalized spacial score (nSPS) is 14.1. The predicted molar refractivity (Wildman–Crippen MR) is 79.4 cm³/mol. The van der Waals surface area contributed by atoms with Crippen molar-refractivity contribution < 1.29 is 4.21 Å². The van der Waals surface area contributed by atoms with Gasteiger partial charge >= 0.3 is 0 Å². The standard InChI is InChI=1S/C12H17N5OS/c1-8(7-19(2)18)14-11-9-5-3-4-6-10(9)15-12(16-11)17-13/h3-6,8H,7,13H2,1-2H3,(H2,14,15,16,17). The third-order valence-electron chi connectivity index (χ3n) is 2.60. The molecule has 2 aromatic rings. The summed E-state index contributed by atoms with van der Waals surface area (Å²) in [5, 5.41) is 4.16. The van der Waals surface area contributed by atoms with Crippen LogP contribution in [0.3, 0.4) is 0 Å². The molecule has 0 bridgehead atoms. The lowest BCUT2D eigenvalue weighted by molar-refractivity contribution is 0.683. The van der Waals surface area contributed by atoms with Crippen molar-refractivity contribution >= 4 is 33.5 Å². The lowest BCUT2D eigenvalue weighted by Crippen LogP contribution is -2.23. The minimum absolute atomic E-state index is 0.0507. The molecule has 19 heavy (non-hydrogen) atoms. The molecule has 4 N–H and O–H groups in total. The van der Waals surface area contributed by atoms with Gasteiger partial charge in [0.2, 0.25) is 5.95 Å². The number of hydrogen-bond donors (Lipinski definition) is 3. The highest BCUT2D eigenvalue weighted by Crippen LogP contribution is 2.22. The van der Waals surface area contributed by atoms with E-state index in [1.54, 1.807) is 6.26 Å². The molecule has 1 aromatic carbocycles. The number of nitrogens with two attached hydrogens (primary N) is 1. The lowest BCUT2D eigenvalue weighted by Gasteiger charge is -2.15. The van der Waals surface area contributed by atoms with Gasteiger partial charge in [-0.05, 0) is 19.1 Å². The first-order valence-electron chi connectivity index (χ1n) is 5.90. The van der Waals surface area contributed by atoms with Gasteiger partial charge in [-0.25, -0.2) is 10.8 Å². The van der Waals surface area contributed by atoms with Crippen LogP contribution in [0.4, 0.5) is 11.8 Å². The summed E-state index contributed by atoms with van der Waals surface area (Å²) in [6, 6.07) is 7.72. The number of para-hydroxylation sites is 1. The van der Waals surface area contributed by atoms with E-state index in [1.165, 1.54) is 0 Å². The second-order valence-corrected chi connectivity index (χ2v) is 5.82. The fourth-order valence-corrected chi connectivity index (χ4v) is 2.67. The SMILES string of the molecule is CC(CS(C)=O)Nc1nc(NN)nc2ccccc12. The van der Waals surface area contributed by atoms with Crippen molar-refractivity contribution in [2.45, 2.75) is 13.0 Å². The minimum atomic E-state index is -0.856. The van der Waals surface area contributed by atoms with Crippen molar-refractivity contribution in [2.75, 3.05) is 22.8 Å². The quantitative estimate of drug-likeness (QED) is 0.560. The Bertz CT molecular complexity index is 604. The number of hydrogen-bond acceptors (Lipinski definition) is 6. The van der Waals surface area contributed by atoms with Crippen LogP contribution in [0.1, 0.15) is 6.92 Å². The predicted octanol–water partition coefficient (Wildman–Crippen LogP) is 1.09. The Kier molecular flexibility index (Phi) is 4.28. The van der Waals surface area contributed by atoms with Gasteiger partial charge in [0.05, 0.1) is 5.52 Å². The van der Waals surface area contributed by atoms with Gasteiger partial charge in [0.1, 0.15) is 5.82 Å². The van der Waals surface area contributed by atoms with Crippen LogP contribution in [-0.4, -0.2) is 32.2 Å². The topological polar surface area (TPSA) is 92.9 Å². The van der Waals surface area contributed by atoms with E-state index in [1.807, 2.05) is 31.2 Å². The number of benzene rings is 1. The second-order valence-electron chi connectivity index (χ2n) is 4.34. The zero-order valence-corrected chi connectivity index (χ0v) is 11.7. The first kappa shape index (κ1) is 13.7. The minimum Gasteiger partial charge on any atom is -0.366 e. The largest absolute Gasteiger partial charge is 0.366 e. The van der Waals surface area contributed by atoms with E-state index in [2.05, 4.69) is 20.7 Å². The van der Waals surface area contributed by atoms with E-state index < -0.39 is 10.8 Å². The highest BCUT2D eigenvalue weighted by molar-refractivity contribution is 7.84. The molecule has 0 aliphatic heterocycles. The summed E-state index contributed by atoms with van der Waals surface area (Å²) in [6.45, 7) is 1.97. The van der Waals surface area contributed by atoms with Gasteiger partial charge in [0.15, 0.2) is 0 Å². The van der Waals surface area contributed by atoms with Gasteiger partial charge < -0.3 is 5.32 Å². The fourth-order valence-electron chi connectivity index (χ4n) is 1.88. The second kappa shape index (κ2) is 5.94. The molecule has 6 nitrogen and oxygen atoms in total. The van der Waals surface area contributed by atoms with E-state index in [0.29, 0.717) is 17.5 Å². The number of nitrogens with zero attached hydrogens (tertiary/aromatic N) is 2. The molecular weight excluding hydrogens is 262 g/mol. The van der Waals surface area contributed by atoms with Crippen molar-refractivity contribution in [3.8, 4) is 0 Å². The molecule has 102 valence electrons. The van der Waals surface area contributed by atoms with E-state index in [4.69, 9.17) is 5.84 Å². The molecule has 1 aromatic heterocycles. The van der Waals surface area contributed by atoms with Gasteiger partial charge in [0.25, 0.3) is 0 Å². The summed E-state index contributed by atoms with van der Waals surface area (Å²) >= 11 is 0. The van der Waals surface area contributed by atoms with Crippen LogP contribution in [-0.2, 0) is 10.8 Å². The first-order valence-corrected chi connectivity index (χ1v) is 7.63. The van der Waals surface area contributed by atoms with Crippen molar-refractivity contribution in [3.63, 3.8) is 0 Å². The molecule has 0 amide bonds. The molecule has 0 spiro atoms. The Hall–Kier alpha value is -1.73. The van der Waals surface area contributed by atoms with Crippen molar-refractivity contribution in [3.05, 3.63) is 24.3 Å². The summed E-state index contributed by atoms with van der Waals surface area (Å²) < 4.78 is 11.2. The van der Waals surface area contributed by atoms with E-state index in [-0.39, 0.29) is 6.04 Å². The Morgan fingerprint density at radius 2 is 2.11 bits per heavy atom. The number of aromatic nitrogens is 2. The maximum absolute atomic E-state index is 11.2. The van der Waals surface area contributed by atoms with Gasteiger partial charge in [-0.1, -0.05) is 12.1 Å². The Balaban J connectivity index is 2.37. The first-order chi connectivity index (χ1) is 9.10. The zero-order chi connectivity index (χ0) is 13.8. The molecule has 0 radical (unpaired) electrons. The number of rotatable bonds is 5. The smallest absolute Gasteiger partial charge is 0.239 e.